The summed E-state index contributed by atoms with van der Waals surface area (Å²) in [6, 6.07) is 5.80. The summed E-state index contributed by atoms with van der Waals surface area (Å²) in [4.78, 5) is 18.6. The van der Waals surface area contributed by atoms with Crippen LogP contribution in [-0.4, -0.2) is 36.1 Å². The molecule has 0 saturated heterocycles. The molecule has 0 radical (unpaired) electrons. The first-order valence-corrected chi connectivity index (χ1v) is 7.98. The first-order valence-electron chi connectivity index (χ1n) is 6.75. The van der Waals surface area contributed by atoms with Gasteiger partial charge in [-0.25, -0.2) is 4.98 Å². The number of methoxy groups -OCH3 is 1. The number of nitriles is 1. The molecule has 0 aliphatic rings. The number of rotatable bonds is 5. The zero-order valence-corrected chi connectivity index (χ0v) is 13.9. The molecule has 0 atom stereocenters. The van der Waals surface area contributed by atoms with E-state index in [2.05, 4.69) is 9.97 Å². The van der Waals surface area contributed by atoms with Crippen LogP contribution in [0.25, 0.3) is 11.3 Å². The Balaban J connectivity index is 2.50. The van der Waals surface area contributed by atoms with Gasteiger partial charge in [-0.15, -0.1) is 0 Å². The van der Waals surface area contributed by atoms with Gasteiger partial charge in [-0.1, -0.05) is 11.8 Å². The van der Waals surface area contributed by atoms with Crippen LogP contribution in [0.4, 0.5) is 13.2 Å². The Morgan fingerprint density at radius 1 is 1.36 bits per heavy atom. The molecule has 2 aromatic rings. The molecule has 0 unspecified atom stereocenters. The molecule has 0 saturated carbocycles. The second-order valence-corrected chi connectivity index (χ2v) is 5.48. The van der Waals surface area contributed by atoms with Crippen molar-refractivity contribution < 1.29 is 22.6 Å². The van der Waals surface area contributed by atoms with Crippen LogP contribution in [0.3, 0.4) is 0 Å². The van der Waals surface area contributed by atoms with E-state index in [4.69, 9.17) is 9.47 Å². The van der Waals surface area contributed by atoms with Crippen LogP contribution < -0.4 is 15.0 Å². The van der Waals surface area contributed by atoms with Gasteiger partial charge >= 0.3 is 6.18 Å². The lowest BCUT2D eigenvalue weighted by molar-refractivity contribution is -0.153. The second kappa shape index (κ2) is 7.48. The summed E-state index contributed by atoms with van der Waals surface area (Å²) < 4.78 is 46.6. The number of halogens is 3. The molecule has 0 bridgehead atoms. The lowest BCUT2D eigenvalue weighted by Crippen LogP contribution is -2.19. The van der Waals surface area contributed by atoms with E-state index in [1.807, 2.05) is 0 Å². The Labute approximate surface area is 144 Å². The van der Waals surface area contributed by atoms with Gasteiger partial charge in [0.2, 0.25) is 0 Å². The van der Waals surface area contributed by atoms with Crippen molar-refractivity contribution in [3.8, 4) is 28.8 Å². The monoisotopic (exact) mass is 371 g/mol. The van der Waals surface area contributed by atoms with Crippen molar-refractivity contribution in [1.82, 2.24) is 9.97 Å². The highest BCUT2D eigenvalue weighted by Gasteiger charge is 2.29. The minimum Gasteiger partial charge on any atom is -0.493 e. The molecular weight excluding hydrogens is 359 g/mol. The summed E-state index contributed by atoms with van der Waals surface area (Å²) in [5, 5.41) is 9.48. The molecule has 10 heteroatoms. The minimum atomic E-state index is -4.49. The fourth-order valence-corrected chi connectivity index (χ4v) is 2.33. The standard InChI is InChI=1S/C15H12F3N3O3S/c1-23-11-5-8(3-4-10(11)24-7-15(16,17)18)12-9(6-19)13(22)21-14(20-12)25-2/h3-5H,7H2,1-2H3,(H,20,21,22). The number of alkyl halides is 3. The Morgan fingerprint density at radius 2 is 2.08 bits per heavy atom. The Bertz CT molecular complexity index is 875. The number of benzene rings is 1. The van der Waals surface area contributed by atoms with Crippen molar-refractivity contribution in [2.75, 3.05) is 20.0 Å². The SMILES string of the molecule is COc1cc(-c2nc(SC)[nH]c(=O)c2C#N)ccc1OCC(F)(F)F. The summed E-state index contributed by atoms with van der Waals surface area (Å²) in [7, 11) is 1.27. The van der Waals surface area contributed by atoms with Crippen LogP contribution >= 0.6 is 11.8 Å². The highest BCUT2D eigenvalue weighted by molar-refractivity contribution is 7.98. The van der Waals surface area contributed by atoms with E-state index in [0.29, 0.717) is 10.7 Å². The van der Waals surface area contributed by atoms with Crippen molar-refractivity contribution in [3.63, 3.8) is 0 Å². The largest absolute Gasteiger partial charge is 0.493 e. The topological polar surface area (TPSA) is 88.0 Å². The highest BCUT2D eigenvalue weighted by Crippen LogP contribution is 2.33. The molecule has 1 aromatic heterocycles. The van der Waals surface area contributed by atoms with Crippen molar-refractivity contribution in [2.45, 2.75) is 11.3 Å². The van der Waals surface area contributed by atoms with E-state index in [0.717, 1.165) is 0 Å². The number of nitrogens with zero attached hydrogens (tertiary/aromatic N) is 2. The number of nitrogens with one attached hydrogen (secondary N) is 1. The van der Waals surface area contributed by atoms with Crippen LogP contribution in [0.2, 0.25) is 0 Å². The third kappa shape index (κ3) is 4.45. The Hall–Kier alpha value is -2.67. The Kier molecular flexibility index (Phi) is 5.58. The summed E-state index contributed by atoms with van der Waals surface area (Å²) >= 11 is 1.18. The average molecular weight is 371 g/mol. The molecular formula is C15H12F3N3O3S. The summed E-state index contributed by atoms with van der Waals surface area (Å²) in [5.41, 5.74) is -0.359. The summed E-state index contributed by atoms with van der Waals surface area (Å²) in [5.74, 6) is -0.0876. The van der Waals surface area contributed by atoms with Crippen LogP contribution in [0, 0.1) is 11.3 Å². The number of H-pyrrole nitrogens is 1. The number of hydrogen-bond acceptors (Lipinski definition) is 6. The molecule has 25 heavy (non-hydrogen) atoms. The molecule has 132 valence electrons. The fourth-order valence-electron chi connectivity index (χ4n) is 1.96. The minimum absolute atomic E-state index is 0.0263. The van der Waals surface area contributed by atoms with Gasteiger partial charge in [-0.05, 0) is 24.5 Å². The van der Waals surface area contributed by atoms with Gasteiger partial charge in [-0.3, -0.25) is 4.79 Å². The van der Waals surface area contributed by atoms with Crippen molar-refractivity contribution in [2.24, 2.45) is 0 Å². The maximum absolute atomic E-state index is 12.3. The number of hydrogen-bond donors (Lipinski definition) is 1. The average Bonchev–Trinajstić information content (AvgIpc) is 2.58. The first kappa shape index (κ1) is 18.7. The van der Waals surface area contributed by atoms with Gasteiger partial charge in [0.1, 0.15) is 11.6 Å². The van der Waals surface area contributed by atoms with Crippen LogP contribution in [0.1, 0.15) is 5.56 Å². The van der Waals surface area contributed by atoms with Crippen molar-refractivity contribution >= 4 is 11.8 Å². The van der Waals surface area contributed by atoms with Gasteiger partial charge in [0.15, 0.2) is 23.3 Å². The van der Waals surface area contributed by atoms with Gasteiger partial charge in [-0.2, -0.15) is 18.4 Å². The molecule has 0 aliphatic heterocycles. The number of aromatic nitrogens is 2. The Morgan fingerprint density at radius 3 is 2.64 bits per heavy atom. The highest BCUT2D eigenvalue weighted by atomic mass is 32.2. The molecule has 1 aromatic carbocycles. The fraction of sp³-hybridized carbons (Fsp3) is 0.267. The van der Waals surface area contributed by atoms with Crippen LogP contribution in [-0.2, 0) is 0 Å². The van der Waals surface area contributed by atoms with E-state index in [9.17, 15) is 23.2 Å². The maximum Gasteiger partial charge on any atom is 0.422 e. The third-order valence-corrected chi connectivity index (χ3v) is 3.61. The lowest BCUT2D eigenvalue weighted by atomic mass is 10.1. The maximum atomic E-state index is 12.3. The van der Waals surface area contributed by atoms with Crippen molar-refractivity contribution in [3.05, 3.63) is 34.1 Å². The number of ether oxygens (including phenoxy) is 2. The summed E-state index contributed by atoms with van der Waals surface area (Å²) in [6.45, 7) is -1.47. The lowest BCUT2D eigenvalue weighted by Gasteiger charge is -2.14. The predicted molar refractivity (Wildman–Crippen MR) is 84.9 cm³/mol. The van der Waals surface area contributed by atoms with Crippen molar-refractivity contribution in [1.29, 1.82) is 5.26 Å². The zero-order valence-electron chi connectivity index (χ0n) is 13.1. The molecule has 0 aliphatic carbocycles. The van der Waals surface area contributed by atoms with E-state index in [1.54, 1.807) is 12.3 Å². The predicted octanol–water partition coefficient (Wildman–Crippen LogP) is 2.98. The van der Waals surface area contributed by atoms with Gasteiger partial charge < -0.3 is 14.5 Å². The number of aromatic amines is 1. The molecule has 0 amide bonds. The quantitative estimate of drug-likeness (QED) is 0.642. The normalized spacial score (nSPS) is 11.0. The van der Waals surface area contributed by atoms with E-state index >= 15 is 0 Å². The molecule has 0 fully saturated rings. The molecule has 1 heterocycles. The van der Waals surface area contributed by atoms with Gasteiger partial charge in [0, 0.05) is 5.56 Å². The van der Waals surface area contributed by atoms with E-state index in [-0.39, 0.29) is 22.8 Å². The molecule has 1 N–H and O–H groups in total. The van der Waals surface area contributed by atoms with Gasteiger partial charge in [0.05, 0.1) is 12.8 Å². The number of thioether (sulfide) groups is 1. The van der Waals surface area contributed by atoms with E-state index in [1.165, 1.54) is 37.1 Å². The van der Waals surface area contributed by atoms with Gasteiger partial charge in [0.25, 0.3) is 5.56 Å². The van der Waals surface area contributed by atoms with E-state index < -0.39 is 18.3 Å². The summed E-state index contributed by atoms with van der Waals surface area (Å²) in [6.07, 6.45) is -2.79. The van der Waals surface area contributed by atoms with Crippen LogP contribution in [0.15, 0.2) is 28.2 Å². The first-order chi connectivity index (χ1) is 11.8. The second-order valence-electron chi connectivity index (χ2n) is 4.68. The molecule has 0 spiro atoms. The van der Waals surface area contributed by atoms with Crippen LogP contribution in [0.5, 0.6) is 11.5 Å². The third-order valence-electron chi connectivity index (χ3n) is 3.03. The smallest absolute Gasteiger partial charge is 0.422 e. The zero-order chi connectivity index (χ0) is 18.6. The molecule has 2 rings (SSSR count). The molecule has 6 nitrogen and oxygen atoms in total.